The lowest BCUT2D eigenvalue weighted by Crippen LogP contribution is -2.54. The van der Waals surface area contributed by atoms with Crippen molar-refractivity contribution in [2.24, 2.45) is 0 Å². The lowest BCUT2D eigenvalue weighted by Gasteiger charge is -2.38. The van der Waals surface area contributed by atoms with E-state index in [2.05, 4.69) is 33.9 Å². The highest BCUT2D eigenvalue weighted by Crippen LogP contribution is 2.28. The summed E-state index contributed by atoms with van der Waals surface area (Å²) in [6.07, 6.45) is 2.65. The number of benzene rings is 1. The first-order chi connectivity index (χ1) is 13.8. The fraction of sp³-hybridized carbons (Fsp3) is 0.696. The van der Waals surface area contributed by atoms with Gasteiger partial charge in [0, 0.05) is 51.4 Å². The van der Waals surface area contributed by atoms with Crippen LogP contribution in [-0.2, 0) is 4.79 Å². The molecule has 2 aliphatic rings. The van der Waals surface area contributed by atoms with Crippen LogP contribution < -0.4 is 5.32 Å². The van der Waals surface area contributed by atoms with Gasteiger partial charge in [-0.05, 0) is 64.7 Å². The molecule has 2 saturated heterocycles. The molecule has 0 aromatic heterocycles. The van der Waals surface area contributed by atoms with Crippen molar-refractivity contribution in [3.05, 3.63) is 28.3 Å². The normalized spacial score (nSPS) is 25.3. The number of amides is 1. The molecule has 2 heterocycles. The Morgan fingerprint density at radius 3 is 2.31 bits per heavy atom. The SMILES string of the molecule is Cc1cc(C)c(NC(=O)C(C)N2CCN(CCN3C(C)CCC3C)CC2)c(Cl)c1. The molecule has 0 spiro atoms. The predicted octanol–water partition coefficient (Wildman–Crippen LogP) is 3.77. The number of nitrogens with one attached hydrogen (secondary N) is 1. The number of nitrogens with zero attached hydrogens (tertiary/aromatic N) is 3. The van der Waals surface area contributed by atoms with Crippen LogP contribution in [0, 0.1) is 13.8 Å². The van der Waals surface area contributed by atoms with Crippen LogP contribution in [0.5, 0.6) is 0 Å². The quantitative estimate of drug-likeness (QED) is 0.760. The number of anilines is 1. The second kappa shape index (κ2) is 9.78. The van der Waals surface area contributed by atoms with E-state index in [9.17, 15) is 4.79 Å². The second-order valence-electron chi connectivity index (χ2n) is 8.99. The summed E-state index contributed by atoms with van der Waals surface area (Å²) in [6.45, 7) is 16.9. The summed E-state index contributed by atoms with van der Waals surface area (Å²) in [4.78, 5) is 20.3. The molecule has 0 radical (unpaired) electrons. The van der Waals surface area contributed by atoms with E-state index < -0.39 is 0 Å². The molecule has 0 bridgehead atoms. The summed E-state index contributed by atoms with van der Waals surface area (Å²) in [5.74, 6) is 0.0204. The van der Waals surface area contributed by atoms with Gasteiger partial charge in [0.2, 0.25) is 5.91 Å². The molecule has 5 nitrogen and oxygen atoms in total. The van der Waals surface area contributed by atoms with E-state index in [0.29, 0.717) is 17.1 Å². The van der Waals surface area contributed by atoms with Crippen LogP contribution in [0.1, 0.15) is 44.7 Å². The monoisotopic (exact) mass is 420 g/mol. The zero-order chi connectivity index (χ0) is 21.1. The Labute approximate surface area is 181 Å². The van der Waals surface area contributed by atoms with Crippen molar-refractivity contribution in [2.75, 3.05) is 44.6 Å². The Morgan fingerprint density at radius 2 is 1.72 bits per heavy atom. The van der Waals surface area contributed by atoms with Crippen molar-refractivity contribution in [3.63, 3.8) is 0 Å². The van der Waals surface area contributed by atoms with Gasteiger partial charge in [-0.2, -0.15) is 0 Å². The summed E-state index contributed by atoms with van der Waals surface area (Å²) < 4.78 is 0. The summed E-state index contributed by atoms with van der Waals surface area (Å²) in [5.41, 5.74) is 2.85. The van der Waals surface area contributed by atoms with Crippen LogP contribution in [0.3, 0.4) is 0 Å². The van der Waals surface area contributed by atoms with Gasteiger partial charge in [0.1, 0.15) is 0 Å². The Morgan fingerprint density at radius 1 is 1.10 bits per heavy atom. The maximum absolute atomic E-state index is 12.8. The minimum absolute atomic E-state index is 0.0204. The summed E-state index contributed by atoms with van der Waals surface area (Å²) >= 11 is 6.36. The third-order valence-electron chi connectivity index (χ3n) is 6.82. The zero-order valence-electron chi connectivity index (χ0n) is 18.7. The fourth-order valence-corrected chi connectivity index (χ4v) is 5.16. The highest BCUT2D eigenvalue weighted by Gasteiger charge is 2.29. The minimum atomic E-state index is -0.160. The van der Waals surface area contributed by atoms with Gasteiger partial charge in [0.25, 0.3) is 0 Å². The number of aryl methyl sites for hydroxylation is 2. The Kier molecular flexibility index (Phi) is 7.60. The first-order valence-electron chi connectivity index (χ1n) is 11.1. The molecule has 3 rings (SSSR count). The Bertz CT molecular complexity index is 684. The lowest BCUT2D eigenvalue weighted by molar-refractivity contribution is -0.121. The van der Waals surface area contributed by atoms with Gasteiger partial charge >= 0.3 is 0 Å². The number of carbonyl (C=O) groups is 1. The van der Waals surface area contributed by atoms with Gasteiger partial charge < -0.3 is 5.32 Å². The predicted molar refractivity (Wildman–Crippen MR) is 122 cm³/mol. The van der Waals surface area contributed by atoms with E-state index in [1.807, 2.05) is 32.9 Å². The number of hydrogen-bond acceptors (Lipinski definition) is 4. The smallest absolute Gasteiger partial charge is 0.241 e. The maximum atomic E-state index is 12.8. The molecular weight excluding hydrogens is 384 g/mol. The topological polar surface area (TPSA) is 38.8 Å². The average molecular weight is 421 g/mol. The molecule has 162 valence electrons. The van der Waals surface area contributed by atoms with Crippen LogP contribution in [0.25, 0.3) is 0 Å². The molecule has 3 unspecified atom stereocenters. The molecule has 2 fully saturated rings. The standard InChI is InChI=1S/C23H37ClN4O/c1-16-14-17(2)22(21(24)15-16)25-23(29)20(5)27-11-8-26(9-12-27)10-13-28-18(3)6-7-19(28)4/h14-15,18-20H,6-13H2,1-5H3,(H,25,29). The number of halogens is 1. The van der Waals surface area contributed by atoms with Crippen LogP contribution >= 0.6 is 11.6 Å². The van der Waals surface area contributed by atoms with Crippen LogP contribution in [0.2, 0.25) is 5.02 Å². The van der Waals surface area contributed by atoms with Crippen molar-refractivity contribution >= 4 is 23.2 Å². The fourth-order valence-electron chi connectivity index (χ4n) is 4.79. The number of hydrogen-bond donors (Lipinski definition) is 1. The first kappa shape index (κ1) is 22.5. The number of piperazine rings is 1. The highest BCUT2D eigenvalue weighted by molar-refractivity contribution is 6.34. The van der Waals surface area contributed by atoms with Crippen LogP contribution in [0.4, 0.5) is 5.69 Å². The van der Waals surface area contributed by atoms with Gasteiger partial charge in [-0.15, -0.1) is 0 Å². The molecule has 1 N–H and O–H groups in total. The maximum Gasteiger partial charge on any atom is 0.241 e. The average Bonchev–Trinajstić information content (AvgIpc) is 3.00. The van der Waals surface area contributed by atoms with E-state index in [0.717, 1.165) is 56.1 Å². The summed E-state index contributed by atoms with van der Waals surface area (Å²) in [7, 11) is 0. The van der Waals surface area contributed by atoms with Gasteiger partial charge in [-0.25, -0.2) is 0 Å². The minimum Gasteiger partial charge on any atom is -0.323 e. The van der Waals surface area contributed by atoms with Gasteiger partial charge in [0.15, 0.2) is 0 Å². The van der Waals surface area contributed by atoms with Gasteiger partial charge in [0.05, 0.1) is 16.8 Å². The highest BCUT2D eigenvalue weighted by atomic mass is 35.5. The largest absolute Gasteiger partial charge is 0.323 e. The van der Waals surface area contributed by atoms with Crippen molar-refractivity contribution in [3.8, 4) is 0 Å². The van der Waals surface area contributed by atoms with Crippen molar-refractivity contribution < 1.29 is 4.79 Å². The Hall–Kier alpha value is -1.14. The van der Waals surface area contributed by atoms with Crippen molar-refractivity contribution in [2.45, 2.75) is 65.6 Å². The number of carbonyl (C=O) groups excluding carboxylic acids is 1. The molecule has 3 atom stereocenters. The molecule has 0 saturated carbocycles. The van der Waals surface area contributed by atoms with E-state index >= 15 is 0 Å². The van der Waals surface area contributed by atoms with Crippen molar-refractivity contribution in [1.29, 1.82) is 0 Å². The van der Waals surface area contributed by atoms with E-state index in [1.165, 1.54) is 12.8 Å². The molecule has 0 aliphatic carbocycles. The van der Waals surface area contributed by atoms with E-state index in [1.54, 1.807) is 0 Å². The molecule has 6 heteroatoms. The van der Waals surface area contributed by atoms with Crippen molar-refractivity contribution in [1.82, 2.24) is 14.7 Å². The molecule has 1 aromatic rings. The lowest BCUT2D eigenvalue weighted by atomic mass is 10.1. The third-order valence-corrected chi connectivity index (χ3v) is 7.12. The third kappa shape index (κ3) is 5.52. The van der Waals surface area contributed by atoms with Crippen LogP contribution in [-0.4, -0.2) is 78.0 Å². The summed E-state index contributed by atoms with van der Waals surface area (Å²) in [5, 5.41) is 3.66. The van der Waals surface area contributed by atoms with Gasteiger partial charge in [-0.1, -0.05) is 17.7 Å². The second-order valence-corrected chi connectivity index (χ2v) is 9.40. The van der Waals surface area contributed by atoms with E-state index in [-0.39, 0.29) is 11.9 Å². The zero-order valence-corrected chi connectivity index (χ0v) is 19.4. The molecular formula is C23H37ClN4O. The van der Waals surface area contributed by atoms with E-state index in [4.69, 9.17) is 11.6 Å². The number of likely N-dealkylation sites (tertiary alicyclic amines) is 1. The molecule has 2 aliphatic heterocycles. The van der Waals surface area contributed by atoms with Gasteiger partial charge in [-0.3, -0.25) is 19.5 Å². The number of rotatable bonds is 6. The Balaban J connectivity index is 1.47. The molecule has 1 aromatic carbocycles. The summed E-state index contributed by atoms with van der Waals surface area (Å²) in [6, 6.07) is 5.22. The molecule has 29 heavy (non-hydrogen) atoms. The van der Waals surface area contributed by atoms with Crippen LogP contribution in [0.15, 0.2) is 12.1 Å². The first-order valence-corrected chi connectivity index (χ1v) is 11.4. The molecule has 1 amide bonds.